The molecule has 88 valence electrons. The van der Waals surface area contributed by atoms with E-state index in [2.05, 4.69) is 15.2 Å². The van der Waals surface area contributed by atoms with Gasteiger partial charge in [-0.1, -0.05) is 11.6 Å². The molecule has 6 heteroatoms. The largest absolute Gasteiger partial charge is 0.273 e. The van der Waals surface area contributed by atoms with Crippen LogP contribution in [0.25, 0.3) is 10.9 Å². The Balaban J connectivity index is 2.44. The molecule has 0 saturated heterocycles. The van der Waals surface area contributed by atoms with E-state index in [1.165, 1.54) is 0 Å². The van der Waals surface area contributed by atoms with Crippen LogP contribution in [0.5, 0.6) is 0 Å². The molecule has 2 aromatic rings. The summed E-state index contributed by atoms with van der Waals surface area (Å²) in [5.41, 5.74) is 1.83. The maximum atomic E-state index is 11.9. The Labute approximate surface area is 107 Å². The molecular weight excluding hydrogens is 261 g/mol. The molecule has 0 radical (unpaired) electrons. The minimum Gasteiger partial charge on any atom is -0.267 e. The third-order valence-corrected chi connectivity index (χ3v) is 3.40. The summed E-state index contributed by atoms with van der Waals surface area (Å²) in [7, 11) is 0. The van der Waals surface area contributed by atoms with Crippen LogP contribution in [-0.2, 0) is 5.88 Å². The molecule has 0 bridgehead atoms. The first-order valence-corrected chi connectivity index (χ1v) is 6.25. The average Bonchev–Trinajstić information content (AvgIpc) is 3.12. The van der Waals surface area contributed by atoms with Gasteiger partial charge in [0.25, 0.3) is 5.56 Å². The average molecular weight is 270 g/mol. The lowest BCUT2D eigenvalue weighted by Crippen LogP contribution is -2.13. The molecule has 4 nitrogen and oxygen atoms in total. The molecule has 1 fully saturated rings. The van der Waals surface area contributed by atoms with E-state index in [1.54, 1.807) is 6.07 Å². The molecule has 2 heterocycles. The van der Waals surface area contributed by atoms with Gasteiger partial charge in [-0.15, -0.1) is 11.6 Å². The van der Waals surface area contributed by atoms with Crippen molar-refractivity contribution in [3.8, 4) is 0 Å². The van der Waals surface area contributed by atoms with Crippen LogP contribution in [-0.4, -0.2) is 15.2 Å². The molecule has 0 unspecified atom stereocenters. The Kier molecular flexibility index (Phi) is 2.56. The lowest BCUT2D eigenvalue weighted by Gasteiger charge is -2.06. The second kappa shape index (κ2) is 3.96. The fourth-order valence-electron chi connectivity index (χ4n) is 2.02. The molecule has 0 atom stereocenters. The van der Waals surface area contributed by atoms with E-state index in [1.807, 2.05) is 0 Å². The number of halogens is 2. The third-order valence-electron chi connectivity index (χ3n) is 2.96. The minimum absolute atomic E-state index is 0.199. The number of aromatic nitrogens is 3. The molecule has 17 heavy (non-hydrogen) atoms. The van der Waals surface area contributed by atoms with Gasteiger partial charge >= 0.3 is 0 Å². The first-order valence-electron chi connectivity index (χ1n) is 5.34. The molecule has 1 saturated carbocycles. The van der Waals surface area contributed by atoms with E-state index in [-0.39, 0.29) is 11.4 Å². The summed E-state index contributed by atoms with van der Waals surface area (Å²) in [6, 6.07) is 1.77. The zero-order valence-corrected chi connectivity index (χ0v) is 10.3. The summed E-state index contributed by atoms with van der Waals surface area (Å²) in [6.07, 6.45) is 2.18. The maximum absolute atomic E-state index is 11.9. The number of fused-ring (bicyclic) bond motifs is 1. The van der Waals surface area contributed by atoms with Crippen molar-refractivity contribution in [3.05, 3.63) is 32.8 Å². The summed E-state index contributed by atoms with van der Waals surface area (Å²) in [5.74, 6) is 0.620. The summed E-state index contributed by atoms with van der Waals surface area (Å²) < 4.78 is 0. The number of alkyl halides is 1. The topological polar surface area (TPSA) is 58.6 Å². The van der Waals surface area contributed by atoms with Gasteiger partial charge in [0.1, 0.15) is 16.4 Å². The number of H-pyrrole nitrogens is 1. The highest BCUT2D eigenvalue weighted by Crippen LogP contribution is 2.42. The maximum Gasteiger partial charge on any atom is 0.273 e. The first kappa shape index (κ1) is 11.0. The minimum atomic E-state index is -0.222. The normalized spacial score (nSPS) is 15.4. The summed E-state index contributed by atoms with van der Waals surface area (Å²) >= 11 is 11.8. The Hall–Kier alpha value is -1.13. The highest BCUT2D eigenvalue weighted by Gasteiger charge is 2.28. The van der Waals surface area contributed by atoms with Gasteiger partial charge in [0.05, 0.1) is 11.3 Å². The van der Waals surface area contributed by atoms with E-state index >= 15 is 0 Å². The second-order valence-electron chi connectivity index (χ2n) is 4.17. The van der Waals surface area contributed by atoms with Crippen LogP contribution >= 0.6 is 23.2 Å². The number of nitrogens with one attached hydrogen (secondary N) is 1. The summed E-state index contributed by atoms with van der Waals surface area (Å²) in [6.45, 7) is 0. The van der Waals surface area contributed by atoms with Crippen LogP contribution in [0.4, 0.5) is 0 Å². The fourth-order valence-corrected chi connectivity index (χ4v) is 2.40. The van der Waals surface area contributed by atoms with Gasteiger partial charge in [-0.25, -0.2) is 10.1 Å². The van der Waals surface area contributed by atoms with E-state index in [0.717, 1.165) is 18.4 Å². The lowest BCUT2D eigenvalue weighted by molar-refractivity contribution is 0.948. The Morgan fingerprint density at radius 3 is 2.88 bits per heavy atom. The van der Waals surface area contributed by atoms with Gasteiger partial charge in [0.2, 0.25) is 0 Å². The monoisotopic (exact) mass is 269 g/mol. The van der Waals surface area contributed by atoms with Crippen molar-refractivity contribution in [3.63, 3.8) is 0 Å². The van der Waals surface area contributed by atoms with Crippen LogP contribution in [0.15, 0.2) is 10.9 Å². The van der Waals surface area contributed by atoms with Crippen LogP contribution in [0, 0.1) is 0 Å². The predicted molar refractivity (Wildman–Crippen MR) is 66.7 cm³/mol. The molecule has 2 aromatic heterocycles. The zero-order valence-electron chi connectivity index (χ0n) is 8.83. The first-order chi connectivity index (χ1) is 8.20. The third kappa shape index (κ3) is 1.81. The zero-order chi connectivity index (χ0) is 12.0. The number of nitrogens with zero attached hydrogens (tertiary/aromatic N) is 2. The molecular formula is C11H9Cl2N3O. The molecule has 1 N–H and O–H groups in total. The molecule has 0 amide bonds. The van der Waals surface area contributed by atoms with Crippen LogP contribution in [0.1, 0.15) is 30.0 Å². The van der Waals surface area contributed by atoms with E-state index < -0.39 is 0 Å². The lowest BCUT2D eigenvalue weighted by atomic mass is 10.1. The van der Waals surface area contributed by atoms with Crippen molar-refractivity contribution in [1.29, 1.82) is 0 Å². The van der Waals surface area contributed by atoms with Crippen LogP contribution < -0.4 is 5.56 Å². The SMILES string of the molecule is O=c1[nH]nc(CCl)c2nc(Cl)cc(C3CC3)c12. The van der Waals surface area contributed by atoms with E-state index in [0.29, 0.717) is 27.7 Å². The second-order valence-corrected chi connectivity index (χ2v) is 4.82. The number of aromatic amines is 1. The Morgan fingerprint density at radius 1 is 1.47 bits per heavy atom. The molecule has 0 spiro atoms. The van der Waals surface area contributed by atoms with E-state index in [4.69, 9.17) is 23.2 Å². The molecule has 1 aliphatic carbocycles. The van der Waals surface area contributed by atoms with Crippen LogP contribution in [0.2, 0.25) is 5.15 Å². The fraction of sp³-hybridized carbons (Fsp3) is 0.364. The summed E-state index contributed by atoms with van der Waals surface area (Å²) in [4.78, 5) is 16.0. The smallest absolute Gasteiger partial charge is 0.267 e. The van der Waals surface area contributed by atoms with Crippen molar-refractivity contribution in [1.82, 2.24) is 15.2 Å². The molecule has 1 aliphatic rings. The van der Waals surface area contributed by atoms with Crippen molar-refractivity contribution >= 4 is 34.1 Å². The van der Waals surface area contributed by atoms with Crippen molar-refractivity contribution < 1.29 is 0 Å². The van der Waals surface area contributed by atoms with Gasteiger partial charge in [0, 0.05) is 0 Å². The van der Waals surface area contributed by atoms with Gasteiger partial charge in [0.15, 0.2) is 0 Å². The highest BCUT2D eigenvalue weighted by atomic mass is 35.5. The number of pyridine rings is 1. The molecule has 3 rings (SSSR count). The van der Waals surface area contributed by atoms with Gasteiger partial charge < -0.3 is 0 Å². The van der Waals surface area contributed by atoms with Gasteiger partial charge in [-0.3, -0.25) is 4.79 Å². The van der Waals surface area contributed by atoms with E-state index in [9.17, 15) is 4.79 Å². The van der Waals surface area contributed by atoms with Gasteiger partial charge in [-0.2, -0.15) is 5.10 Å². The quantitative estimate of drug-likeness (QED) is 0.674. The number of hydrogen-bond donors (Lipinski definition) is 1. The molecule has 0 aromatic carbocycles. The van der Waals surface area contributed by atoms with Gasteiger partial charge in [-0.05, 0) is 30.4 Å². The Morgan fingerprint density at radius 2 is 2.24 bits per heavy atom. The predicted octanol–water partition coefficient (Wildman–Crippen LogP) is 2.59. The number of hydrogen-bond acceptors (Lipinski definition) is 3. The Bertz CT molecular complexity index is 649. The highest BCUT2D eigenvalue weighted by molar-refractivity contribution is 6.30. The van der Waals surface area contributed by atoms with Crippen LogP contribution in [0.3, 0.4) is 0 Å². The number of rotatable bonds is 2. The standard InChI is InChI=1S/C11H9Cl2N3O/c12-4-7-10-9(11(17)16-15-7)6(5-1-2-5)3-8(13)14-10/h3,5H,1-2,4H2,(H,16,17). The van der Waals surface area contributed by atoms with Crippen molar-refractivity contribution in [2.45, 2.75) is 24.6 Å². The summed E-state index contributed by atoms with van der Waals surface area (Å²) in [5, 5.41) is 7.33. The van der Waals surface area contributed by atoms with Crippen molar-refractivity contribution in [2.75, 3.05) is 0 Å². The van der Waals surface area contributed by atoms with Crippen molar-refractivity contribution in [2.24, 2.45) is 0 Å². The molecule has 0 aliphatic heterocycles.